The van der Waals surface area contributed by atoms with E-state index >= 15 is 0 Å². The van der Waals surface area contributed by atoms with E-state index in [0.717, 1.165) is 28.5 Å². The zero-order valence-electron chi connectivity index (χ0n) is 17.5. The Kier molecular flexibility index (Phi) is 6.87. The third-order valence-electron chi connectivity index (χ3n) is 5.08. The van der Waals surface area contributed by atoms with Gasteiger partial charge in [-0.3, -0.25) is 4.79 Å². The number of fused-ring (bicyclic) bond motifs is 1. The van der Waals surface area contributed by atoms with Gasteiger partial charge in [-0.05, 0) is 24.1 Å². The molecule has 0 aliphatic rings. The Morgan fingerprint density at radius 1 is 1.03 bits per heavy atom. The Balaban J connectivity index is 1.85. The maximum Gasteiger partial charge on any atom is 0.260 e. The van der Waals surface area contributed by atoms with Crippen molar-refractivity contribution in [3.63, 3.8) is 0 Å². The number of aromatic nitrogens is 1. The average molecular weight is 453 g/mol. The minimum atomic E-state index is -0.690. The van der Waals surface area contributed by atoms with E-state index in [2.05, 4.69) is 4.99 Å². The topological polar surface area (TPSA) is 43.6 Å². The summed E-state index contributed by atoms with van der Waals surface area (Å²) in [4.78, 5) is 18.2. The van der Waals surface area contributed by atoms with E-state index in [1.54, 1.807) is 4.57 Å². The fourth-order valence-electron chi connectivity index (χ4n) is 3.65. The van der Waals surface area contributed by atoms with E-state index in [1.165, 1.54) is 6.07 Å². The Morgan fingerprint density at radius 3 is 2.25 bits per heavy atom. The number of halogens is 2. The SMILES string of the molecule is CCOCCn1c(=NC(=O)C(c2ccccc2)c2ccccc2)sc2cc(F)cc(F)c21. The monoisotopic (exact) mass is 452 g/mol. The lowest BCUT2D eigenvalue weighted by atomic mass is 9.91. The highest BCUT2D eigenvalue weighted by molar-refractivity contribution is 7.16. The van der Waals surface area contributed by atoms with Crippen molar-refractivity contribution in [3.05, 3.63) is 100 Å². The third kappa shape index (κ3) is 4.69. The van der Waals surface area contributed by atoms with Gasteiger partial charge in [0.2, 0.25) is 0 Å². The standard InChI is InChI=1S/C25H22F2N2O2S/c1-2-31-14-13-29-23-20(27)15-19(26)16-21(23)32-25(29)28-24(30)22(17-9-5-3-6-10-17)18-11-7-4-8-12-18/h3-12,15-16,22H,2,13-14H2,1H3. The van der Waals surface area contributed by atoms with Crippen molar-refractivity contribution in [2.24, 2.45) is 4.99 Å². The van der Waals surface area contributed by atoms with Gasteiger partial charge in [0.05, 0.1) is 22.7 Å². The first-order valence-electron chi connectivity index (χ1n) is 10.3. The molecule has 0 bridgehead atoms. The van der Waals surface area contributed by atoms with E-state index in [9.17, 15) is 13.6 Å². The van der Waals surface area contributed by atoms with Crippen LogP contribution in [-0.4, -0.2) is 23.7 Å². The molecule has 0 spiro atoms. The second-order valence-corrected chi connectivity index (χ2v) is 8.18. The molecule has 3 aromatic carbocycles. The molecule has 4 aromatic rings. The molecular weight excluding hydrogens is 430 g/mol. The second-order valence-electron chi connectivity index (χ2n) is 7.17. The van der Waals surface area contributed by atoms with Crippen molar-refractivity contribution >= 4 is 27.5 Å². The first-order chi connectivity index (χ1) is 15.6. The number of thiazole rings is 1. The fourth-order valence-corrected chi connectivity index (χ4v) is 4.75. The molecule has 7 heteroatoms. The van der Waals surface area contributed by atoms with Gasteiger partial charge in [0.1, 0.15) is 5.82 Å². The van der Waals surface area contributed by atoms with E-state index in [4.69, 9.17) is 4.74 Å². The summed E-state index contributed by atoms with van der Waals surface area (Å²) in [5.41, 5.74) is 1.84. The minimum Gasteiger partial charge on any atom is -0.380 e. The van der Waals surface area contributed by atoms with Gasteiger partial charge in [0.15, 0.2) is 10.6 Å². The Bertz CT molecular complexity index is 1240. The highest BCUT2D eigenvalue weighted by Crippen LogP contribution is 2.27. The van der Waals surface area contributed by atoms with E-state index in [0.29, 0.717) is 29.3 Å². The van der Waals surface area contributed by atoms with Crippen LogP contribution in [0.5, 0.6) is 0 Å². The predicted octanol–water partition coefficient (Wildman–Crippen LogP) is 5.28. The molecule has 0 saturated heterocycles. The van der Waals surface area contributed by atoms with Crippen molar-refractivity contribution in [1.29, 1.82) is 0 Å². The maximum absolute atomic E-state index is 14.6. The van der Waals surface area contributed by atoms with Crippen LogP contribution in [0.15, 0.2) is 77.8 Å². The summed E-state index contributed by atoms with van der Waals surface area (Å²) < 4.78 is 35.9. The first-order valence-corrected chi connectivity index (χ1v) is 11.1. The molecule has 1 amide bonds. The summed E-state index contributed by atoms with van der Waals surface area (Å²) in [6, 6.07) is 20.9. The number of amides is 1. The van der Waals surface area contributed by atoms with E-state index in [-0.39, 0.29) is 11.4 Å². The van der Waals surface area contributed by atoms with Crippen LogP contribution >= 0.6 is 11.3 Å². The predicted molar refractivity (Wildman–Crippen MR) is 122 cm³/mol. The lowest BCUT2D eigenvalue weighted by Gasteiger charge is -2.14. The number of benzene rings is 3. The second kappa shape index (κ2) is 9.97. The molecule has 0 atom stereocenters. The van der Waals surface area contributed by atoms with Gasteiger partial charge in [0, 0.05) is 19.2 Å². The van der Waals surface area contributed by atoms with Gasteiger partial charge < -0.3 is 9.30 Å². The molecule has 0 N–H and O–H groups in total. The molecule has 0 aliphatic heterocycles. The number of rotatable bonds is 7. The van der Waals surface area contributed by atoms with Crippen LogP contribution in [0.2, 0.25) is 0 Å². The van der Waals surface area contributed by atoms with Crippen LogP contribution in [-0.2, 0) is 16.1 Å². The summed E-state index contributed by atoms with van der Waals surface area (Å²) in [5.74, 6) is -2.34. The zero-order chi connectivity index (χ0) is 22.5. The largest absolute Gasteiger partial charge is 0.380 e. The molecule has 0 fully saturated rings. The first kappa shape index (κ1) is 22.0. The molecule has 0 saturated carbocycles. The number of nitrogens with zero attached hydrogens (tertiary/aromatic N) is 2. The molecule has 4 rings (SSSR count). The van der Waals surface area contributed by atoms with Gasteiger partial charge in [-0.1, -0.05) is 72.0 Å². The van der Waals surface area contributed by atoms with Gasteiger partial charge in [-0.2, -0.15) is 4.99 Å². The van der Waals surface area contributed by atoms with Crippen molar-refractivity contribution in [1.82, 2.24) is 4.57 Å². The number of hydrogen-bond acceptors (Lipinski definition) is 3. The molecular formula is C25H22F2N2O2S. The van der Waals surface area contributed by atoms with Gasteiger partial charge in [-0.15, -0.1) is 0 Å². The lowest BCUT2D eigenvalue weighted by molar-refractivity contribution is -0.118. The van der Waals surface area contributed by atoms with Crippen LogP contribution in [0.4, 0.5) is 8.78 Å². The average Bonchev–Trinajstić information content (AvgIpc) is 3.12. The third-order valence-corrected chi connectivity index (χ3v) is 6.10. The highest BCUT2D eigenvalue weighted by atomic mass is 32.1. The summed E-state index contributed by atoms with van der Waals surface area (Å²) in [6.45, 7) is 2.99. The summed E-state index contributed by atoms with van der Waals surface area (Å²) >= 11 is 1.09. The minimum absolute atomic E-state index is 0.221. The van der Waals surface area contributed by atoms with Crippen LogP contribution in [0, 0.1) is 11.6 Å². The normalized spacial score (nSPS) is 12.1. The van der Waals surface area contributed by atoms with Gasteiger partial charge >= 0.3 is 0 Å². The molecule has 0 unspecified atom stereocenters. The number of hydrogen-bond donors (Lipinski definition) is 0. The Hall–Kier alpha value is -3.16. The van der Waals surface area contributed by atoms with Crippen molar-refractivity contribution < 1.29 is 18.3 Å². The Morgan fingerprint density at radius 2 is 1.66 bits per heavy atom. The summed E-state index contributed by atoms with van der Waals surface area (Å²) in [5, 5.41) is 0. The quantitative estimate of drug-likeness (QED) is 0.358. The zero-order valence-corrected chi connectivity index (χ0v) is 18.3. The summed E-state index contributed by atoms with van der Waals surface area (Å²) in [7, 11) is 0. The van der Waals surface area contributed by atoms with E-state index in [1.807, 2.05) is 67.6 Å². The molecule has 0 radical (unpaired) electrons. The van der Waals surface area contributed by atoms with Crippen molar-refractivity contribution in [2.75, 3.05) is 13.2 Å². The number of carbonyl (C=O) groups excluding carboxylic acids is 1. The summed E-state index contributed by atoms with van der Waals surface area (Å²) in [6.07, 6.45) is 0. The molecule has 4 nitrogen and oxygen atoms in total. The molecule has 1 heterocycles. The number of ether oxygens (including phenoxy) is 1. The molecule has 32 heavy (non-hydrogen) atoms. The van der Waals surface area contributed by atoms with Crippen LogP contribution in [0.25, 0.3) is 10.2 Å². The molecule has 164 valence electrons. The van der Waals surface area contributed by atoms with Gasteiger partial charge in [0.25, 0.3) is 5.91 Å². The highest BCUT2D eigenvalue weighted by Gasteiger charge is 2.23. The molecule has 1 aromatic heterocycles. The fraction of sp³-hybridized carbons (Fsp3) is 0.200. The van der Waals surface area contributed by atoms with Gasteiger partial charge in [-0.25, -0.2) is 8.78 Å². The lowest BCUT2D eigenvalue weighted by Crippen LogP contribution is -2.22. The van der Waals surface area contributed by atoms with Crippen LogP contribution in [0.1, 0.15) is 24.0 Å². The van der Waals surface area contributed by atoms with E-state index < -0.39 is 17.6 Å². The Labute approximate surface area is 188 Å². The maximum atomic E-state index is 14.6. The number of carbonyl (C=O) groups is 1. The van der Waals surface area contributed by atoms with Crippen LogP contribution in [0.3, 0.4) is 0 Å². The van der Waals surface area contributed by atoms with Crippen molar-refractivity contribution in [2.45, 2.75) is 19.4 Å². The van der Waals surface area contributed by atoms with Crippen LogP contribution < -0.4 is 4.80 Å². The smallest absolute Gasteiger partial charge is 0.260 e. The van der Waals surface area contributed by atoms with Crippen molar-refractivity contribution in [3.8, 4) is 0 Å². The molecule has 0 aliphatic carbocycles.